The number of hydrogen-bond donors (Lipinski definition) is 0. The zero-order valence-corrected chi connectivity index (χ0v) is 8.46. The van der Waals surface area contributed by atoms with Gasteiger partial charge in [-0.2, -0.15) is 9.37 Å². The van der Waals surface area contributed by atoms with Crippen molar-refractivity contribution in [1.82, 2.24) is 4.98 Å². The lowest BCUT2D eigenvalue weighted by atomic mass is 9.95. The van der Waals surface area contributed by atoms with Gasteiger partial charge in [0.25, 0.3) is 5.26 Å². The summed E-state index contributed by atoms with van der Waals surface area (Å²) in [6.45, 7) is 6.01. The van der Waals surface area contributed by atoms with Crippen LogP contribution in [0.1, 0.15) is 25.6 Å². The lowest BCUT2D eigenvalue weighted by Gasteiger charge is -2.16. The minimum atomic E-state index is -0.434. The molecule has 0 aromatic carbocycles. The SMILES string of the molecule is COc1nc(F)sc1C(C)(C)C. The number of methoxy groups -OCH3 is 1. The fourth-order valence-electron chi connectivity index (χ4n) is 0.894. The first-order chi connectivity index (χ1) is 5.45. The van der Waals surface area contributed by atoms with Gasteiger partial charge in [0, 0.05) is 5.41 Å². The van der Waals surface area contributed by atoms with Crippen LogP contribution in [-0.4, -0.2) is 12.1 Å². The second-order valence-corrected chi connectivity index (χ2v) is 4.50. The lowest BCUT2D eigenvalue weighted by molar-refractivity contribution is 0.381. The Morgan fingerprint density at radius 2 is 2.00 bits per heavy atom. The minimum absolute atomic E-state index is 0.104. The Balaban J connectivity index is 3.13. The first-order valence-electron chi connectivity index (χ1n) is 3.66. The van der Waals surface area contributed by atoms with Gasteiger partial charge in [-0.15, -0.1) is 0 Å². The molecule has 0 aliphatic rings. The van der Waals surface area contributed by atoms with Gasteiger partial charge in [0.05, 0.1) is 12.0 Å². The number of halogens is 1. The molecule has 0 spiro atoms. The molecule has 0 unspecified atom stereocenters. The third kappa shape index (κ3) is 1.75. The summed E-state index contributed by atoms with van der Waals surface area (Å²) in [5.74, 6) is 0.407. The van der Waals surface area contributed by atoms with Gasteiger partial charge in [0.1, 0.15) is 0 Å². The monoisotopic (exact) mass is 189 g/mol. The largest absolute Gasteiger partial charge is 0.480 e. The standard InChI is InChI=1S/C8H12FNOS/c1-8(2,3)5-6(11-4)10-7(9)12-5/h1-4H3. The Morgan fingerprint density at radius 1 is 1.42 bits per heavy atom. The molecular weight excluding hydrogens is 177 g/mol. The molecule has 0 radical (unpaired) electrons. The Bertz CT molecular complexity index is 277. The Hall–Kier alpha value is -0.640. The van der Waals surface area contributed by atoms with Crippen molar-refractivity contribution < 1.29 is 9.13 Å². The number of aromatic nitrogens is 1. The molecule has 0 amide bonds. The summed E-state index contributed by atoms with van der Waals surface area (Å²) < 4.78 is 17.7. The number of hydrogen-bond acceptors (Lipinski definition) is 3. The van der Waals surface area contributed by atoms with Gasteiger partial charge in [0.2, 0.25) is 5.88 Å². The van der Waals surface area contributed by atoms with Crippen molar-refractivity contribution in [2.75, 3.05) is 7.11 Å². The van der Waals surface area contributed by atoms with Crippen LogP contribution in [0.3, 0.4) is 0 Å². The van der Waals surface area contributed by atoms with E-state index in [1.807, 2.05) is 20.8 Å². The van der Waals surface area contributed by atoms with Crippen LogP contribution in [0, 0.1) is 5.26 Å². The third-order valence-corrected chi connectivity index (χ3v) is 2.70. The highest BCUT2D eigenvalue weighted by Gasteiger charge is 2.23. The molecule has 12 heavy (non-hydrogen) atoms. The highest BCUT2D eigenvalue weighted by Crippen LogP contribution is 2.35. The molecule has 0 saturated carbocycles. The molecule has 1 heterocycles. The molecule has 1 aromatic rings. The van der Waals surface area contributed by atoms with E-state index in [1.165, 1.54) is 7.11 Å². The fraction of sp³-hybridized carbons (Fsp3) is 0.625. The van der Waals surface area contributed by atoms with Crippen LogP contribution in [0.15, 0.2) is 0 Å². The van der Waals surface area contributed by atoms with Crippen LogP contribution in [0.2, 0.25) is 0 Å². The average Bonchev–Trinajstić information content (AvgIpc) is 2.29. The van der Waals surface area contributed by atoms with Crippen LogP contribution in [0.25, 0.3) is 0 Å². The normalized spacial score (nSPS) is 11.8. The summed E-state index contributed by atoms with van der Waals surface area (Å²) in [6, 6.07) is 0. The molecular formula is C8H12FNOS. The van der Waals surface area contributed by atoms with E-state index >= 15 is 0 Å². The topological polar surface area (TPSA) is 22.1 Å². The molecule has 1 rings (SSSR count). The Morgan fingerprint density at radius 3 is 2.33 bits per heavy atom. The molecule has 0 N–H and O–H groups in total. The fourth-order valence-corrected chi connectivity index (χ4v) is 1.71. The van der Waals surface area contributed by atoms with Crippen molar-refractivity contribution in [2.24, 2.45) is 0 Å². The molecule has 1 aromatic heterocycles. The van der Waals surface area contributed by atoms with Crippen molar-refractivity contribution >= 4 is 11.3 Å². The molecule has 0 aliphatic heterocycles. The second-order valence-electron chi connectivity index (χ2n) is 3.56. The van der Waals surface area contributed by atoms with Crippen LogP contribution < -0.4 is 4.74 Å². The molecule has 0 atom stereocenters. The summed E-state index contributed by atoms with van der Waals surface area (Å²) in [5.41, 5.74) is -0.104. The van der Waals surface area contributed by atoms with E-state index in [0.717, 1.165) is 16.2 Å². The highest BCUT2D eigenvalue weighted by molar-refractivity contribution is 7.10. The molecule has 0 aliphatic carbocycles. The molecule has 68 valence electrons. The van der Waals surface area contributed by atoms with Crippen molar-refractivity contribution in [3.05, 3.63) is 10.1 Å². The zero-order chi connectivity index (χ0) is 9.35. The van der Waals surface area contributed by atoms with E-state index in [0.29, 0.717) is 5.88 Å². The summed E-state index contributed by atoms with van der Waals surface area (Å²) in [4.78, 5) is 4.47. The van der Waals surface area contributed by atoms with Crippen LogP contribution in [-0.2, 0) is 5.41 Å². The van der Waals surface area contributed by atoms with Gasteiger partial charge in [-0.1, -0.05) is 32.1 Å². The maximum atomic E-state index is 12.7. The minimum Gasteiger partial charge on any atom is -0.480 e. The first kappa shape index (κ1) is 9.45. The predicted molar refractivity (Wildman–Crippen MR) is 47.3 cm³/mol. The molecule has 0 saturated heterocycles. The van der Waals surface area contributed by atoms with E-state index in [4.69, 9.17) is 4.74 Å². The maximum absolute atomic E-state index is 12.7. The second kappa shape index (κ2) is 3.01. The van der Waals surface area contributed by atoms with E-state index in [1.54, 1.807) is 0 Å². The van der Waals surface area contributed by atoms with E-state index in [-0.39, 0.29) is 5.41 Å². The lowest BCUT2D eigenvalue weighted by Crippen LogP contribution is -2.10. The van der Waals surface area contributed by atoms with Gasteiger partial charge in [-0.05, 0) is 0 Å². The third-order valence-electron chi connectivity index (χ3n) is 1.44. The molecule has 4 heteroatoms. The van der Waals surface area contributed by atoms with Gasteiger partial charge >= 0.3 is 0 Å². The summed E-state index contributed by atoms with van der Waals surface area (Å²) in [5, 5.41) is -0.434. The average molecular weight is 189 g/mol. The smallest absolute Gasteiger partial charge is 0.272 e. The number of ether oxygens (including phenoxy) is 1. The van der Waals surface area contributed by atoms with Gasteiger partial charge in [-0.25, -0.2) is 0 Å². The van der Waals surface area contributed by atoms with Crippen LogP contribution in [0.4, 0.5) is 4.39 Å². The van der Waals surface area contributed by atoms with E-state index < -0.39 is 5.26 Å². The van der Waals surface area contributed by atoms with E-state index in [9.17, 15) is 4.39 Å². The van der Waals surface area contributed by atoms with Crippen LogP contribution >= 0.6 is 11.3 Å². The number of thiazole rings is 1. The maximum Gasteiger partial charge on any atom is 0.272 e. The van der Waals surface area contributed by atoms with Crippen molar-refractivity contribution in [3.8, 4) is 5.88 Å². The molecule has 0 fully saturated rings. The Kier molecular flexibility index (Phi) is 2.37. The van der Waals surface area contributed by atoms with Gasteiger partial charge in [-0.3, -0.25) is 0 Å². The van der Waals surface area contributed by atoms with Crippen molar-refractivity contribution in [3.63, 3.8) is 0 Å². The summed E-state index contributed by atoms with van der Waals surface area (Å²) >= 11 is 1.04. The summed E-state index contributed by atoms with van der Waals surface area (Å²) in [6.07, 6.45) is 0. The Labute approximate surface area is 75.4 Å². The predicted octanol–water partition coefficient (Wildman–Crippen LogP) is 2.59. The van der Waals surface area contributed by atoms with E-state index in [2.05, 4.69) is 4.98 Å². The van der Waals surface area contributed by atoms with Crippen molar-refractivity contribution in [1.29, 1.82) is 0 Å². The van der Waals surface area contributed by atoms with Gasteiger partial charge < -0.3 is 4.74 Å². The van der Waals surface area contributed by atoms with Crippen molar-refractivity contribution in [2.45, 2.75) is 26.2 Å². The molecule has 2 nitrogen and oxygen atoms in total. The zero-order valence-electron chi connectivity index (χ0n) is 7.64. The highest BCUT2D eigenvalue weighted by atomic mass is 32.1. The quantitative estimate of drug-likeness (QED) is 0.677. The van der Waals surface area contributed by atoms with Crippen LogP contribution in [0.5, 0.6) is 5.88 Å². The molecule has 0 bridgehead atoms. The first-order valence-corrected chi connectivity index (χ1v) is 4.47. The summed E-state index contributed by atoms with van der Waals surface area (Å²) in [7, 11) is 1.50. The number of rotatable bonds is 1. The number of nitrogens with zero attached hydrogens (tertiary/aromatic N) is 1. The van der Waals surface area contributed by atoms with Gasteiger partial charge in [0.15, 0.2) is 0 Å².